The van der Waals surface area contributed by atoms with Crippen molar-refractivity contribution in [3.8, 4) is 0 Å². The first-order valence-electron chi connectivity index (χ1n) is 11.5. The second kappa shape index (κ2) is 9.41. The van der Waals surface area contributed by atoms with E-state index in [9.17, 15) is 0 Å². The van der Waals surface area contributed by atoms with E-state index in [-0.39, 0.29) is 0 Å². The Morgan fingerprint density at radius 1 is 1.07 bits per heavy atom. The zero-order valence-electron chi connectivity index (χ0n) is 18.5. The number of unbranched alkanes of at least 4 members (excludes halogenated alkanes) is 2. The van der Waals surface area contributed by atoms with Crippen LogP contribution in [0.1, 0.15) is 68.8 Å². The number of pyridine rings is 1. The summed E-state index contributed by atoms with van der Waals surface area (Å²) >= 11 is 0. The van der Waals surface area contributed by atoms with Crippen LogP contribution in [-0.2, 0) is 19.4 Å². The smallest absolute Gasteiger partial charge is 0.160 e. The maximum Gasteiger partial charge on any atom is 0.160 e. The number of fused-ring (bicyclic) bond motifs is 3. The van der Waals surface area contributed by atoms with Crippen LogP contribution in [0.5, 0.6) is 0 Å². The molecule has 1 aliphatic carbocycles. The molecule has 0 bridgehead atoms. The zero-order chi connectivity index (χ0) is 20.9. The monoisotopic (exact) mass is 403 g/mol. The summed E-state index contributed by atoms with van der Waals surface area (Å²) in [6, 6.07) is 8.71. The summed E-state index contributed by atoms with van der Waals surface area (Å²) in [5.41, 5.74) is 8.15. The van der Waals surface area contributed by atoms with Gasteiger partial charge in [0, 0.05) is 30.8 Å². The highest BCUT2D eigenvalue weighted by Crippen LogP contribution is 2.34. The van der Waals surface area contributed by atoms with E-state index in [0.717, 1.165) is 74.2 Å². The van der Waals surface area contributed by atoms with Crippen LogP contribution in [0.15, 0.2) is 35.5 Å². The second-order valence-electron chi connectivity index (χ2n) is 8.03. The minimum Gasteiger partial charge on any atom is -0.384 e. The minimum atomic E-state index is 0.808. The number of nitrogens with zero attached hydrogens (tertiary/aromatic N) is 4. The average molecular weight is 404 g/mol. The molecule has 5 heteroatoms. The lowest BCUT2D eigenvalue weighted by Crippen LogP contribution is -2.14. The Bertz CT molecular complexity index is 1050. The first-order valence-corrected chi connectivity index (χ1v) is 11.5. The maximum atomic E-state index is 5.18. The maximum absolute atomic E-state index is 5.18. The molecule has 158 valence electrons. The summed E-state index contributed by atoms with van der Waals surface area (Å²) in [4.78, 5) is 10.3. The molecule has 0 amide bonds. The highest BCUT2D eigenvalue weighted by Gasteiger charge is 2.26. The number of aryl methyl sites for hydroxylation is 2. The van der Waals surface area contributed by atoms with E-state index in [4.69, 9.17) is 9.98 Å². The fourth-order valence-electron chi connectivity index (χ4n) is 4.26. The molecule has 3 aromatic rings. The number of hydrogen-bond donors (Lipinski definition) is 1. The third-order valence-electron chi connectivity index (χ3n) is 5.94. The fraction of sp³-hybridized carbons (Fsp3) is 0.480. The standard InChI is InChI=1S/C25H33N5/c1-4-7-15-26-22-20-14-13-18-11-9-10-12-19(18)23(27-16-8-5-2)24(20)29-25-21(22)17-28-30(25)6-3/h9-12,17H,4-8,13-16H2,1-3H3,(H,26,29)/b27-23+. The molecule has 2 aromatic heterocycles. The summed E-state index contributed by atoms with van der Waals surface area (Å²) in [6.07, 6.45) is 8.51. The lowest BCUT2D eigenvalue weighted by Gasteiger charge is -2.17. The molecule has 0 saturated carbocycles. The predicted molar refractivity (Wildman–Crippen MR) is 126 cm³/mol. The molecule has 5 nitrogen and oxygen atoms in total. The van der Waals surface area contributed by atoms with Crippen molar-refractivity contribution in [3.05, 3.63) is 52.8 Å². The Kier molecular flexibility index (Phi) is 6.46. The van der Waals surface area contributed by atoms with Gasteiger partial charge in [0.2, 0.25) is 0 Å². The Labute approximate surface area is 179 Å². The van der Waals surface area contributed by atoms with Crippen molar-refractivity contribution >= 4 is 22.4 Å². The van der Waals surface area contributed by atoms with Gasteiger partial charge in [-0.3, -0.25) is 4.99 Å². The molecule has 1 aromatic carbocycles. The predicted octanol–water partition coefficient (Wildman–Crippen LogP) is 5.40. The topological polar surface area (TPSA) is 55.1 Å². The first kappa shape index (κ1) is 20.6. The Hall–Kier alpha value is -2.69. The van der Waals surface area contributed by atoms with Gasteiger partial charge in [-0.15, -0.1) is 0 Å². The van der Waals surface area contributed by atoms with Gasteiger partial charge < -0.3 is 5.32 Å². The van der Waals surface area contributed by atoms with Gasteiger partial charge in [0.25, 0.3) is 0 Å². The minimum absolute atomic E-state index is 0.808. The zero-order valence-corrected chi connectivity index (χ0v) is 18.5. The molecule has 0 radical (unpaired) electrons. The summed E-state index contributed by atoms with van der Waals surface area (Å²) in [7, 11) is 0. The summed E-state index contributed by atoms with van der Waals surface area (Å²) < 4.78 is 2.00. The van der Waals surface area contributed by atoms with Crippen LogP contribution >= 0.6 is 0 Å². The molecule has 4 rings (SSSR count). The van der Waals surface area contributed by atoms with Crippen LogP contribution in [0.4, 0.5) is 5.69 Å². The lowest BCUT2D eigenvalue weighted by molar-refractivity contribution is 0.676. The number of hydrogen-bond acceptors (Lipinski definition) is 4. The van der Waals surface area contributed by atoms with Crippen molar-refractivity contribution in [3.63, 3.8) is 0 Å². The van der Waals surface area contributed by atoms with Crippen molar-refractivity contribution in [2.75, 3.05) is 18.4 Å². The van der Waals surface area contributed by atoms with Crippen LogP contribution in [0.2, 0.25) is 0 Å². The number of aliphatic imine (C=N–C) groups is 1. The van der Waals surface area contributed by atoms with Crippen LogP contribution in [0.25, 0.3) is 11.0 Å². The number of nitrogens with one attached hydrogen (secondary N) is 1. The van der Waals surface area contributed by atoms with Crippen molar-refractivity contribution in [1.82, 2.24) is 14.8 Å². The third-order valence-corrected chi connectivity index (χ3v) is 5.94. The second-order valence-corrected chi connectivity index (χ2v) is 8.03. The Balaban J connectivity index is 1.94. The molecule has 1 aliphatic rings. The quantitative estimate of drug-likeness (QED) is 0.512. The van der Waals surface area contributed by atoms with Gasteiger partial charge >= 0.3 is 0 Å². The van der Waals surface area contributed by atoms with E-state index in [2.05, 4.69) is 55.5 Å². The van der Waals surface area contributed by atoms with Gasteiger partial charge in [0.05, 0.1) is 28.7 Å². The molecule has 0 saturated heterocycles. The molecule has 2 heterocycles. The number of rotatable bonds is 8. The van der Waals surface area contributed by atoms with E-state index >= 15 is 0 Å². The molecular weight excluding hydrogens is 370 g/mol. The van der Waals surface area contributed by atoms with Crippen molar-refractivity contribution in [1.29, 1.82) is 0 Å². The Morgan fingerprint density at radius 2 is 1.90 bits per heavy atom. The van der Waals surface area contributed by atoms with E-state index in [1.165, 1.54) is 28.8 Å². The average Bonchev–Trinajstić information content (AvgIpc) is 3.12. The summed E-state index contributed by atoms with van der Waals surface area (Å²) in [6.45, 7) is 9.18. The molecule has 30 heavy (non-hydrogen) atoms. The third kappa shape index (κ3) is 3.85. The molecule has 1 N–H and O–H groups in total. The number of aromatic nitrogens is 3. The molecule has 0 unspecified atom stereocenters. The van der Waals surface area contributed by atoms with Crippen LogP contribution in [0, 0.1) is 0 Å². The first-order chi connectivity index (χ1) is 14.8. The fourth-order valence-corrected chi connectivity index (χ4v) is 4.26. The van der Waals surface area contributed by atoms with Crippen LogP contribution in [0.3, 0.4) is 0 Å². The van der Waals surface area contributed by atoms with Crippen molar-refractivity contribution < 1.29 is 0 Å². The number of anilines is 1. The summed E-state index contributed by atoms with van der Waals surface area (Å²) in [5, 5.41) is 9.49. The highest BCUT2D eigenvalue weighted by atomic mass is 15.3. The molecule has 0 aliphatic heterocycles. The van der Waals surface area contributed by atoms with Crippen LogP contribution < -0.4 is 5.32 Å². The van der Waals surface area contributed by atoms with Crippen molar-refractivity contribution in [2.24, 2.45) is 4.99 Å². The number of benzene rings is 1. The molecule has 0 atom stereocenters. The molecule has 0 spiro atoms. The normalized spacial score (nSPS) is 14.6. The van der Waals surface area contributed by atoms with Gasteiger partial charge in [-0.05, 0) is 38.2 Å². The van der Waals surface area contributed by atoms with E-state index in [0.29, 0.717) is 0 Å². The largest absolute Gasteiger partial charge is 0.384 e. The van der Waals surface area contributed by atoms with Gasteiger partial charge in [-0.2, -0.15) is 5.10 Å². The highest BCUT2D eigenvalue weighted by molar-refractivity contribution is 6.16. The summed E-state index contributed by atoms with van der Waals surface area (Å²) in [5.74, 6) is 0. The lowest BCUT2D eigenvalue weighted by atomic mass is 10.0. The van der Waals surface area contributed by atoms with Gasteiger partial charge in [-0.1, -0.05) is 51.0 Å². The van der Waals surface area contributed by atoms with Crippen molar-refractivity contribution in [2.45, 2.75) is 65.8 Å². The molecular formula is C25H33N5. The van der Waals surface area contributed by atoms with Crippen LogP contribution in [-0.4, -0.2) is 33.6 Å². The van der Waals surface area contributed by atoms with Gasteiger partial charge in [0.1, 0.15) is 0 Å². The Morgan fingerprint density at radius 3 is 2.70 bits per heavy atom. The van der Waals surface area contributed by atoms with E-state index in [1.807, 2.05) is 10.9 Å². The van der Waals surface area contributed by atoms with E-state index < -0.39 is 0 Å². The van der Waals surface area contributed by atoms with Gasteiger partial charge in [-0.25, -0.2) is 9.67 Å². The van der Waals surface area contributed by atoms with E-state index in [1.54, 1.807) is 0 Å². The molecule has 0 fully saturated rings. The van der Waals surface area contributed by atoms with Gasteiger partial charge in [0.15, 0.2) is 5.65 Å². The SMILES string of the molecule is CCCC/N=C1\c2ccccc2CCc2c1nc1c(cnn1CC)c2NCCCC.